The van der Waals surface area contributed by atoms with Crippen molar-refractivity contribution in [3.63, 3.8) is 0 Å². The first-order valence-corrected chi connectivity index (χ1v) is 6.73. The number of carbonyl (C=O) groups is 2. The topological polar surface area (TPSA) is 55.4 Å². The second kappa shape index (κ2) is 6.89. The van der Waals surface area contributed by atoms with E-state index in [-0.39, 0.29) is 17.1 Å². The van der Waals surface area contributed by atoms with Gasteiger partial charge in [-0.25, -0.2) is 4.79 Å². The summed E-state index contributed by atoms with van der Waals surface area (Å²) in [7, 11) is 0. The number of hydrogen-bond donors (Lipinski definition) is 1. The average Bonchev–Trinajstić information content (AvgIpc) is 2.08. The normalized spacial score (nSPS) is 13.4. The van der Waals surface area contributed by atoms with E-state index in [1.807, 2.05) is 34.6 Å². The molecule has 0 heterocycles. The third kappa shape index (κ3) is 9.03. The molecule has 100 valence electrons. The minimum absolute atomic E-state index is 0.0567. The summed E-state index contributed by atoms with van der Waals surface area (Å²) in [6, 6.07) is -0.0567. The van der Waals surface area contributed by atoms with E-state index in [0.29, 0.717) is 5.75 Å². The van der Waals surface area contributed by atoms with Crippen LogP contribution in [0.15, 0.2) is 0 Å². The molecule has 17 heavy (non-hydrogen) atoms. The Morgan fingerprint density at radius 3 is 2.18 bits per heavy atom. The Kier molecular flexibility index (Phi) is 6.60. The van der Waals surface area contributed by atoms with Gasteiger partial charge in [0, 0.05) is 18.7 Å². The Hall–Kier alpha value is -0.710. The highest BCUT2D eigenvalue weighted by Crippen LogP contribution is 2.12. The van der Waals surface area contributed by atoms with E-state index in [4.69, 9.17) is 4.74 Å². The van der Waals surface area contributed by atoms with E-state index in [1.54, 1.807) is 0 Å². The van der Waals surface area contributed by atoms with Crippen molar-refractivity contribution in [1.82, 2.24) is 5.32 Å². The number of rotatable bonds is 4. The molecule has 0 aliphatic heterocycles. The fourth-order valence-electron chi connectivity index (χ4n) is 1.07. The molecule has 0 unspecified atom stereocenters. The third-order valence-corrected chi connectivity index (χ3v) is 2.91. The van der Waals surface area contributed by atoms with Crippen molar-refractivity contribution in [2.75, 3.05) is 5.75 Å². The predicted octanol–water partition coefficient (Wildman–Crippen LogP) is 2.82. The van der Waals surface area contributed by atoms with Crippen LogP contribution in [0.4, 0.5) is 4.79 Å². The molecule has 0 fully saturated rings. The van der Waals surface area contributed by atoms with E-state index < -0.39 is 11.7 Å². The number of hydrogen-bond acceptors (Lipinski definition) is 4. The van der Waals surface area contributed by atoms with Gasteiger partial charge in [-0.15, -0.1) is 0 Å². The SMILES string of the molecule is CC(=O)SC[C@H](NC(=O)OC(C)(C)C)C(C)C. The van der Waals surface area contributed by atoms with Gasteiger partial charge in [0.15, 0.2) is 5.12 Å². The van der Waals surface area contributed by atoms with Gasteiger partial charge in [0.1, 0.15) is 5.60 Å². The molecule has 0 bridgehead atoms. The quantitative estimate of drug-likeness (QED) is 0.845. The fraction of sp³-hybridized carbons (Fsp3) is 0.833. The second-order valence-electron chi connectivity index (χ2n) is 5.30. The Balaban J connectivity index is 4.25. The molecular weight excluding hydrogens is 238 g/mol. The molecule has 1 amide bonds. The van der Waals surface area contributed by atoms with Gasteiger partial charge < -0.3 is 10.1 Å². The highest BCUT2D eigenvalue weighted by molar-refractivity contribution is 8.13. The molecule has 0 rings (SSSR count). The maximum absolute atomic E-state index is 11.6. The van der Waals surface area contributed by atoms with Gasteiger partial charge in [0.2, 0.25) is 0 Å². The molecular formula is C12H23NO3S. The Morgan fingerprint density at radius 1 is 1.29 bits per heavy atom. The monoisotopic (exact) mass is 261 g/mol. The molecule has 0 aliphatic rings. The maximum atomic E-state index is 11.6. The van der Waals surface area contributed by atoms with E-state index in [0.717, 1.165) is 0 Å². The lowest BCUT2D eigenvalue weighted by atomic mass is 10.1. The lowest BCUT2D eigenvalue weighted by Crippen LogP contribution is -2.43. The van der Waals surface area contributed by atoms with Crippen molar-refractivity contribution in [2.24, 2.45) is 5.92 Å². The average molecular weight is 261 g/mol. The molecule has 0 aliphatic carbocycles. The van der Waals surface area contributed by atoms with E-state index in [1.165, 1.54) is 18.7 Å². The third-order valence-electron chi connectivity index (χ3n) is 1.97. The summed E-state index contributed by atoms with van der Waals surface area (Å²) in [5.41, 5.74) is -0.501. The van der Waals surface area contributed by atoms with Crippen LogP contribution in [0.1, 0.15) is 41.5 Å². The van der Waals surface area contributed by atoms with Gasteiger partial charge in [0.05, 0.1) is 0 Å². The highest BCUT2D eigenvalue weighted by atomic mass is 32.2. The zero-order chi connectivity index (χ0) is 13.6. The second-order valence-corrected chi connectivity index (χ2v) is 6.50. The zero-order valence-electron chi connectivity index (χ0n) is 11.5. The summed E-state index contributed by atoms with van der Waals surface area (Å²) >= 11 is 1.22. The van der Waals surface area contributed by atoms with Crippen molar-refractivity contribution in [1.29, 1.82) is 0 Å². The van der Waals surface area contributed by atoms with Crippen molar-refractivity contribution in [3.05, 3.63) is 0 Å². The molecule has 0 radical (unpaired) electrons. The number of ether oxygens (including phenoxy) is 1. The van der Waals surface area contributed by atoms with Gasteiger partial charge in [-0.05, 0) is 26.7 Å². The zero-order valence-corrected chi connectivity index (χ0v) is 12.3. The summed E-state index contributed by atoms with van der Waals surface area (Å²) in [5, 5.41) is 2.85. The van der Waals surface area contributed by atoms with E-state index in [2.05, 4.69) is 5.32 Å². The van der Waals surface area contributed by atoms with Gasteiger partial charge in [-0.1, -0.05) is 25.6 Å². The minimum Gasteiger partial charge on any atom is -0.444 e. The van der Waals surface area contributed by atoms with Crippen LogP contribution in [0.25, 0.3) is 0 Å². The van der Waals surface area contributed by atoms with Crippen LogP contribution in [0.3, 0.4) is 0 Å². The summed E-state index contributed by atoms with van der Waals surface area (Å²) in [6.07, 6.45) is -0.430. The largest absolute Gasteiger partial charge is 0.444 e. The summed E-state index contributed by atoms with van der Waals surface area (Å²) in [6.45, 7) is 11.0. The molecule has 1 atom stereocenters. The molecule has 5 heteroatoms. The van der Waals surface area contributed by atoms with Gasteiger partial charge in [0.25, 0.3) is 0 Å². The molecule has 0 aromatic rings. The van der Waals surface area contributed by atoms with Crippen LogP contribution in [-0.4, -0.2) is 28.6 Å². The summed E-state index contributed by atoms with van der Waals surface area (Å²) < 4.78 is 5.18. The number of carbonyl (C=O) groups excluding carboxylic acids is 2. The molecule has 4 nitrogen and oxygen atoms in total. The van der Waals surface area contributed by atoms with Crippen LogP contribution >= 0.6 is 11.8 Å². The Bertz CT molecular complexity index is 271. The van der Waals surface area contributed by atoms with Gasteiger partial charge >= 0.3 is 6.09 Å². The Labute approximate surface area is 108 Å². The van der Waals surface area contributed by atoms with Crippen molar-refractivity contribution in [2.45, 2.75) is 53.2 Å². The lowest BCUT2D eigenvalue weighted by Gasteiger charge is -2.25. The standard InChI is InChI=1S/C12H23NO3S/c1-8(2)10(7-17-9(3)14)13-11(15)16-12(4,5)6/h8,10H,7H2,1-6H3,(H,13,15)/t10-/m0/s1. The fourth-order valence-corrected chi connectivity index (χ4v) is 1.95. The minimum atomic E-state index is -0.501. The summed E-state index contributed by atoms with van der Waals surface area (Å²) in [4.78, 5) is 22.5. The molecule has 0 spiro atoms. The van der Waals surface area contributed by atoms with Crippen LogP contribution in [-0.2, 0) is 9.53 Å². The maximum Gasteiger partial charge on any atom is 0.407 e. The molecule has 0 aromatic carbocycles. The van der Waals surface area contributed by atoms with Crippen LogP contribution in [0, 0.1) is 5.92 Å². The number of nitrogens with one attached hydrogen (secondary N) is 1. The molecule has 0 aromatic heterocycles. The van der Waals surface area contributed by atoms with E-state index >= 15 is 0 Å². The lowest BCUT2D eigenvalue weighted by molar-refractivity contribution is -0.109. The molecule has 1 N–H and O–H groups in total. The van der Waals surface area contributed by atoms with Crippen molar-refractivity contribution in [3.8, 4) is 0 Å². The van der Waals surface area contributed by atoms with Crippen molar-refractivity contribution >= 4 is 23.0 Å². The van der Waals surface area contributed by atoms with Crippen LogP contribution in [0.2, 0.25) is 0 Å². The van der Waals surface area contributed by atoms with Crippen LogP contribution < -0.4 is 5.32 Å². The van der Waals surface area contributed by atoms with Gasteiger partial charge in [-0.2, -0.15) is 0 Å². The van der Waals surface area contributed by atoms with Crippen LogP contribution in [0.5, 0.6) is 0 Å². The smallest absolute Gasteiger partial charge is 0.407 e. The summed E-state index contributed by atoms with van der Waals surface area (Å²) in [5.74, 6) is 0.834. The number of amides is 1. The Morgan fingerprint density at radius 2 is 1.82 bits per heavy atom. The number of alkyl carbamates (subject to hydrolysis) is 1. The number of thioether (sulfide) groups is 1. The van der Waals surface area contributed by atoms with Crippen molar-refractivity contribution < 1.29 is 14.3 Å². The first kappa shape index (κ1) is 16.3. The van der Waals surface area contributed by atoms with Gasteiger partial charge in [-0.3, -0.25) is 4.79 Å². The first-order chi connectivity index (χ1) is 7.61. The molecule has 0 saturated heterocycles. The highest BCUT2D eigenvalue weighted by Gasteiger charge is 2.21. The predicted molar refractivity (Wildman–Crippen MR) is 71.1 cm³/mol. The first-order valence-electron chi connectivity index (χ1n) is 5.74. The molecule has 0 saturated carbocycles. The van der Waals surface area contributed by atoms with E-state index in [9.17, 15) is 9.59 Å².